The third-order valence-corrected chi connectivity index (χ3v) is 6.25. The van der Waals surface area contributed by atoms with E-state index in [0.717, 1.165) is 30.8 Å². The van der Waals surface area contributed by atoms with Crippen molar-refractivity contribution in [3.05, 3.63) is 66.7 Å². The maximum atomic E-state index is 12.5. The summed E-state index contributed by atoms with van der Waals surface area (Å²) < 4.78 is 17.3. The molecule has 0 aliphatic heterocycles. The minimum absolute atomic E-state index is 0.165. The van der Waals surface area contributed by atoms with Gasteiger partial charge in [-0.1, -0.05) is 64.4 Å². The molecule has 2 rings (SSSR count). The Kier molecular flexibility index (Phi) is 15.2. The van der Waals surface area contributed by atoms with Gasteiger partial charge in [-0.05, 0) is 87.6 Å². The zero-order chi connectivity index (χ0) is 25.8. The van der Waals surface area contributed by atoms with Crippen molar-refractivity contribution in [3.8, 4) is 17.2 Å². The number of allylic oxidation sites excluding steroid dienone is 1. The number of hydrogen-bond acceptors (Lipinski definition) is 4. The van der Waals surface area contributed by atoms with Crippen molar-refractivity contribution < 1.29 is 19.0 Å². The smallest absolute Gasteiger partial charge is 0.343 e. The predicted molar refractivity (Wildman–Crippen MR) is 149 cm³/mol. The Hall–Kier alpha value is -2.75. The number of rotatable bonds is 20. The maximum Gasteiger partial charge on any atom is 0.343 e. The van der Waals surface area contributed by atoms with Gasteiger partial charge >= 0.3 is 5.97 Å². The van der Waals surface area contributed by atoms with Gasteiger partial charge in [0.1, 0.15) is 17.2 Å². The van der Waals surface area contributed by atoms with E-state index in [1.807, 2.05) is 30.3 Å². The van der Waals surface area contributed by atoms with Crippen LogP contribution in [0, 0.1) is 0 Å². The first-order valence-electron chi connectivity index (χ1n) is 13.9. The lowest BCUT2D eigenvalue weighted by atomic mass is 10.1. The van der Waals surface area contributed by atoms with Gasteiger partial charge < -0.3 is 14.2 Å². The van der Waals surface area contributed by atoms with E-state index in [2.05, 4.69) is 20.4 Å². The number of ether oxygens (including phenoxy) is 3. The third kappa shape index (κ3) is 12.8. The Morgan fingerprint density at radius 2 is 1.36 bits per heavy atom. The van der Waals surface area contributed by atoms with Gasteiger partial charge in [0.05, 0.1) is 18.3 Å². The second-order valence-corrected chi connectivity index (χ2v) is 9.56. The monoisotopic (exact) mass is 494 g/mol. The van der Waals surface area contributed by atoms with Gasteiger partial charge in [0.2, 0.25) is 0 Å². The second-order valence-electron chi connectivity index (χ2n) is 9.56. The molecule has 0 aromatic heterocycles. The van der Waals surface area contributed by atoms with Crippen LogP contribution in [0.15, 0.2) is 61.2 Å². The molecule has 0 aliphatic rings. The molecule has 0 saturated heterocycles. The molecule has 4 nitrogen and oxygen atoms in total. The predicted octanol–water partition coefficient (Wildman–Crippen LogP) is 9.33. The van der Waals surface area contributed by atoms with Crippen molar-refractivity contribution in [2.75, 3.05) is 6.61 Å². The van der Waals surface area contributed by atoms with Crippen LogP contribution in [0.25, 0.3) is 0 Å². The highest BCUT2D eigenvalue weighted by atomic mass is 16.5. The van der Waals surface area contributed by atoms with Gasteiger partial charge in [0.15, 0.2) is 0 Å². The summed E-state index contributed by atoms with van der Waals surface area (Å²) in [4.78, 5) is 12.5. The first-order valence-corrected chi connectivity index (χ1v) is 13.9. The van der Waals surface area contributed by atoms with E-state index in [1.165, 1.54) is 64.2 Å². The molecule has 0 heterocycles. The molecule has 0 radical (unpaired) electrons. The molecule has 0 fully saturated rings. The van der Waals surface area contributed by atoms with Crippen LogP contribution in [0.1, 0.15) is 108 Å². The average Bonchev–Trinajstić information content (AvgIpc) is 2.89. The van der Waals surface area contributed by atoms with Crippen molar-refractivity contribution >= 4 is 5.97 Å². The largest absolute Gasteiger partial charge is 0.494 e. The number of hydrogen-bond donors (Lipinski definition) is 0. The van der Waals surface area contributed by atoms with Crippen LogP contribution in [-0.4, -0.2) is 18.7 Å². The number of benzene rings is 2. The van der Waals surface area contributed by atoms with Crippen LogP contribution in [0.4, 0.5) is 0 Å². The lowest BCUT2D eigenvalue weighted by Crippen LogP contribution is -2.12. The summed E-state index contributed by atoms with van der Waals surface area (Å²) in [5.41, 5.74) is 0.499. The summed E-state index contributed by atoms with van der Waals surface area (Å²) in [5, 5.41) is 0. The molecule has 0 bridgehead atoms. The Bertz CT molecular complexity index is 841. The minimum Gasteiger partial charge on any atom is -0.494 e. The molecule has 0 N–H and O–H groups in total. The molecule has 0 saturated carbocycles. The van der Waals surface area contributed by atoms with E-state index in [0.29, 0.717) is 17.9 Å². The standard InChI is InChI=1S/C32H46O4/c1-4-6-8-10-11-12-13-14-16-26-34-29-22-24-31(25-23-29)36-32(33)28-18-20-30(21-19-28)35-27(3)17-15-9-7-5-2/h4,18-25,27H,1,5-17,26H2,2-3H3/t27-/m0/s1. The molecule has 2 aromatic rings. The lowest BCUT2D eigenvalue weighted by Gasteiger charge is -2.14. The fourth-order valence-corrected chi connectivity index (χ4v) is 4.05. The molecule has 0 unspecified atom stereocenters. The third-order valence-electron chi connectivity index (χ3n) is 6.25. The molecular weight excluding hydrogens is 448 g/mol. The van der Waals surface area contributed by atoms with Crippen LogP contribution < -0.4 is 14.2 Å². The topological polar surface area (TPSA) is 44.8 Å². The zero-order valence-corrected chi connectivity index (χ0v) is 22.5. The summed E-state index contributed by atoms with van der Waals surface area (Å²) in [6, 6.07) is 14.4. The van der Waals surface area contributed by atoms with Gasteiger partial charge in [0.25, 0.3) is 0 Å². The van der Waals surface area contributed by atoms with Crippen molar-refractivity contribution in [1.82, 2.24) is 0 Å². The van der Waals surface area contributed by atoms with Crippen LogP contribution in [-0.2, 0) is 0 Å². The Morgan fingerprint density at radius 3 is 2.03 bits per heavy atom. The first-order chi connectivity index (χ1) is 17.6. The quantitative estimate of drug-likeness (QED) is 0.0796. The van der Waals surface area contributed by atoms with Crippen LogP contribution in [0.2, 0.25) is 0 Å². The summed E-state index contributed by atoms with van der Waals surface area (Å²) in [5.74, 6) is 1.70. The molecule has 4 heteroatoms. The molecular formula is C32H46O4. The maximum absolute atomic E-state index is 12.5. The average molecular weight is 495 g/mol. The zero-order valence-electron chi connectivity index (χ0n) is 22.5. The van der Waals surface area contributed by atoms with Gasteiger partial charge in [-0.3, -0.25) is 0 Å². The number of unbranched alkanes of at least 4 members (excludes halogenated alkanes) is 10. The fourth-order valence-electron chi connectivity index (χ4n) is 4.05. The van der Waals surface area contributed by atoms with Gasteiger partial charge in [-0.15, -0.1) is 6.58 Å². The normalized spacial score (nSPS) is 11.6. The number of carbonyl (C=O) groups excluding carboxylic acids is 1. The summed E-state index contributed by atoms with van der Waals surface area (Å²) >= 11 is 0. The van der Waals surface area contributed by atoms with Crippen molar-refractivity contribution in [2.24, 2.45) is 0 Å². The van der Waals surface area contributed by atoms with E-state index in [-0.39, 0.29) is 12.1 Å². The van der Waals surface area contributed by atoms with E-state index in [1.54, 1.807) is 24.3 Å². The van der Waals surface area contributed by atoms with E-state index < -0.39 is 0 Å². The van der Waals surface area contributed by atoms with E-state index in [4.69, 9.17) is 14.2 Å². The number of carbonyl (C=O) groups is 1. The fraction of sp³-hybridized carbons (Fsp3) is 0.531. The molecule has 2 aromatic carbocycles. The summed E-state index contributed by atoms with van der Waals surface area (Å²) in [6.45, 7) is 8.78. The van der Waals surface area contributed by atoms with E-state index in [9.17, 15) is 4.79 Å². The highest BCUT2D eigenvalue weighted by molar-refractivity contribution is 5.91. The lowest BCUT2D eigenvalue weighted by molar-refractivity contribution is 0.0734. The molecule has 0 aliphatic carbocycles. The Balaban J connectivity index is 1.64. The van der Waals surface area contributed by atoms with Gasteiger partial charge in [-0.2, -0.15) is 0 Å². The highest BCUT2D eigenvalue weighted by Crippen LogP contribution is 2.21. The Morgan fingerprint density at radius 1 is 0.778 bits per heavy atom. The van der Waals surface area contributed by atoms with Crippen LogP contribution >= 0.6 is 0 Å². The van der Waals surface area contributed by atoms with Crippen molar-refractivity contribution in [1.29, 1.82) is 0 Å². The first kappa shape index (κ1) is 29.5. The van der Waals surface area contributed by atoms with E-state index >= 15 is 0 Å². The van der Waals surface area contributed by atoms with Crippen molar-refractivity contribution in [2.45, 2.75) is 103 Å². The molecule has 1 atom stereocenters. The second kappa shape index (κ2) is 18.5. The summed E-state index contributed by atoms with van der Waals surface area (Å²) in [7, 11) is 0. The van der Waals surface area contributed by atoms with Crippen LogP contribution in [0.5, 0.6) is 17.2 Å². The minimum atomic E-state index is -0.382. The van der Waals surface area contributed by atoms with Gasteiger partial charge in [-0.25, -0.2) is 4.79 Å². The summed E-state index contributed by atoms with van der Waals surface area (Å²) in [6.07, 6.45) is 18.0. The van der Waals surface area contributed by atoms with Crippen LogP contribution in [0.3, 0.4) is 0 Å². The molecule has 198 valence electrons. The van der Waals surface area contributed by atoms with Gasteiger partial charge in [0, 0.05) is 0 Å². The molecule has 36 heavy (non-hydrogen) atoms. The number of esters is 1. The SMILES string of the molecule is C=CCCCCCCCCCOc1ccc(OC(=O)c2ccc(O[C@@H](C)CCCCCC)cc2)cc1. The van der Waals surface area contributed by atoms with Crippen molar-refractivity contribution in [3.63, 3.8) is 0 Å². The Labute approximate surface area is 219 Å². The molecule has 0 amide bonds. The molecule has 0 spiro atoms. The highest BCUT2D eigenvalue weighted by Gasteiger charge is 2.10.